The number of nitriles is 1. The van der Waals surface area contributed by atoms with E-state index in [9.17, 15) is 9.18 Å². The quantitative estimate of drug-likeness (QED) is 0.827. The van der Waals surface area contributed by atoms with E-state index in [0.717, 1.165) is 17.4 Å². The van der Waals surface area contributed by atoms with Gasteiger partial charge < -0.3 is 5.73 Å². The van der Waals surface area contributed by atoms with Crippen LogP contribution in [-0.4, -0.2) is 23.8 Å². The number of hydrogen-bond donors (Lipinski definition) is 1. The molecule has 0 aliphatic carbocycles. The number of nitrogens with zero attached hydrogens (tertiary/aromatic N) is 3. The maximum atomic E-state index is 13.8. The number of carbonyl (C=O) groups is 1. The van der Waals surface area contributed by atoms with Crippen molar-refractivity contribution in [2.24, 2.45) is 10.7 Å². The summed E-state index contributed by atoms with van der Waals surface area (Å²) in [5, 5.41) is 8.76. The summed E-state index contributed by atoms with van der Waals surface area (Å²) < 4.78 is 13.8. The van der Waals surface area contributed by atoms with Gasteiger partial charge in [-0.1, -0.05) is 0 Å². The van der Waals surface area contributed by atoms with E-state index < -0.39 is 11.4 Å². The molecule has 0 spiro atoms. The summed E-state index contributed by atoms with van der Waals surface area (Å²) in [6.45, 7) is 1.64. The summed E-state index contributed by atoms with van der Waals surface area (Å²) >= 11 is 1.00. The van der Waals surface area contributed by atoms with Crippen LogP contribution in [0.2, 0.25) is 0 Å². The number of thiophene rings is 1. The predicted molar refractivity (Wildman–Crippen MR) is 65.4 cm³/mol. The van der Waals surface area contributed by atoms with E-state index in [2.05, 4.69) is 4.99 Å². The molecule has 5 nitrogen and oxygen atoms in total. The van der Waals surface area contributed by atoms with Crippen molar-refractivity contribution in [1.82, 2.24) is 4.90 Å². The molecule has 1 aromatic heterocycles. The van der Waals surface area contributed by atoms with Gasteiger partial charge in [-0.3, -0.25) is 9.69 Å². The number of carbonyl (C=O) groups excluding carboxylic acids is 1. The van der Waals surface area contributed by atoms with Crippen molar-refractivity contribution in [1.29, 1.82) is 5.26 Å². The molecule has 94 valence electrons. The van der Waals surface area contributed by atoms with Crippen molar-refractivity contribution >= 4 is 23.2 Å². The van der Waals surface area contributed by atoms with Gasteiger partial charge in [0, 0.05) is 13.1 Å². The van der Waals surface area contributed by atoms with Gasteiger partial charge in [0.2, 0.25) is 5.91 Å². The van der Waals surface area contributed by atoms with Crippen LogP contribution in [0.5, 0.6) is 0 Å². The number of aliphatic imine (C=N–C) groups is 1. The van der Waals surface area contributed by atoms with Gasteiger partial charge in [0.1, 0.15) is 22.3 Å². The molecule has 18 heavy (non-hydrogen) atoms. The second-order valence-corrected chi connectivity index (χ2v) is 5.33. The Morgan fingerprint density at radius 2 is 2.39 bits per heavy atom. The minimum atomic E-state index is -1.03. The van der Waals surface area contributed by atoms with Gasteiger partial charge in [0.05, 0.1) is 11.3 Å². The molecule has 2 N–H and O–H groups in total. The first-order chi connectivity index (χ1) is 8.37. The first-order valence-corrected chi connectivity index (χ1v) is 6.01. The van der Waals surface area contributed by atoms with Gasteiger partial charge in [0.15, 0.2) is 5.96 Å². The van der Waals surface area contributed by atoms with E-state index in [4.69, 9.17) is 11.0 Å². The van der Waals surface area contributed by atoms with Crippen molar-refractivity contribution < 1.29 is 9.18 Å². The van der Waals surface area contributed by atoms with Gasteiger partial charge in [-0.25, -0.2) is 9.38 Å². The van der Waals surface area contributed by atoms with Crippen molar-refractivity contribution in [3.05, 3.63) is 21.6 Å². The van der Waals surface area contributed by atoms with Crippen LogP contribution in [0.25, 0.3) is 0 Å². The molecule has 0 radical (unpaired) electrons. The standard InChI is InChI=1S/C11H11FN4OS/c1-11(4-8(17)16(2)10(14)15-11)9-7(12)3-6(5-13)18-9/h3H,4H2,1-2H3,(H2,14,15)/t11-/m0/s1. The monoisotopic (exact) mass is 266 g/mol. The lowest BCUT2D eigenvalue weighted by Crippen LogP contribution is -2.47. The van der Waals surface area contributed by atoms with Crippen molar-refractivity contribution in [3.8, 4) is 6.07 Å². The molecule has 0 saturated carbocycles. The van der Waals surface area contributed by atoms with E-state index in [1.807, 2.05) is 6.07 Å². The highest BCUT2D eigenvalue weighted by molar-refractivity contribution is 7.12. The number of amides is 1. The van der Waals surface area contributed by atoms with E-state index in [1.54, 1.807) is 6.92 Å². The number of hydrogen-bond acceptors (Lipinski definition) is 5. The molecule has 0 aromatic carbocycles. The first-order valence-electron chi connectivity index (χ1n) is 5.19. The molecular formula is C11H11FN4OS. The molecule has 0 saturated heterocycles. The Labute approximate surface area is 107 Å². The average Bonchev–Trinajstić information content (AvgIpc) is 2.68. The van der Waals surface area contributed by atoms with Crippen LogP contribution in [0, 0.1) is 17.1 Å². The topological polar surface area (TPSA) is 82.5 Å². The Hall–Kier alpha value is -1.94. The van der Waals surface area contributed by atoms with Gasteiger partial charge in [0.25, 0.3) is 0 Å². The summed E-state index contributed by atoms with van der Waals surface area (Å²) in [5.74, 6) is -0.690. The lowest BCUT2D eigenvalue weighted by Gasteiger charge is -2.32. The number of halogens is 1. The Morgan fingerprint density at radius 1 is 1.72 bits per heavy atom. The highest BCUT2D eigenvalue weighted by Crippen LogP contribution is 2.38. The largest absolute Gasteiger partial charge is 0.369 e. The molecule has 2 heterocycles. The van der Waals surface area contributed by atoms with Crippen molar-refractivity contribution in [2.45, 2.75) is 18.9 Å². The van der Waals surface area contributed by atoms with Crippen LogP contribution >= 0.6 is 11.3 Å². The maximum absolute atomic E-state index is 13.8. The Kier molecular flexibility index (Phi) is 2.83. The predicted octanol–water partition coefficient (Wildman–Crippen LogP) is 1.15. The highest BCUT2D eigenvalue weighted by Gasteiger charge is 2.39. The second kappa shape index (κ2) is 4.07. The summed E-state index contributed by atoms with van der Waals surface area (Å²) in [6, 6.07) is 3.03. The van der Waals surface area contributed by atoms with Crippen molar-refractivity contribution in [3.63, 3.8) is 0 Å². The summed E-state index contributed by atoms with van der Waals surface area (Å²) in [4.78, 5) is 17.7. The Morgan fingerprint density at radius 3 is 2.89 bits per heavy atom. The Bertz CT molecular complexity index is 588. The maximum Gasteiger partial charge on any atom is 0.231 e. The van der Waals surface area contributed by atoms with E-state index in [1.165, 1.54) is 11.9 Å². The van der Waals surface area contributed by atoms with Crippen LogP contribution in [0.4, 0.5) is 4.39 Å². The number of nitrogens with two attached hydrogens (primary N) is 1. The van der Waals surface area contributed by atoms with E-state index >= 15 is 0 Å². The molecule has 1 aromatic rings. The summed E-state index contributed by atoms with van der Waals surface area (Å²) in [5.41, 5.74) is 4.61. The molecule has 0 fully saturated rings. The SMILES string of the molecule is CN1C(=O)C[C@@](C)(c2sc(C#N)cc2F)N=C1N. The fourth-order valence-electron chi connectivity index (χ4n) is 1.83. The zero-order valence-corrected chi connectivity index (χ0v) is 10.7. The molecule has 2 rings (SSSR count). The van der Waals surface area contributed by atoms with Crippen LogP contribution < -0.4 is 5.73 Å². The second-order valence-electron chi connectivity index (χ2n) is 4.27. The van der Waals surface area contributed by atoms with Crippen LogP contribution in [0.3, 0.4) is 0 Å². The molecule has 1 aliphatic heterocycles. The van der Waals surface area contributed by atoms with Gasteiger partial charge >= 0.3 is 0 Å². The van der Waals surface area contributed by atoms with Gasteiger partial charge in [-0.05, 0) is 6.92 Å². The fourth-order valence-corrected chi connectivity index (χ4v) is 2.75. The molecule has 1 atom stereocenters. The first kappa shape index (κ1) is 12.5. The third-order valence-electron chi connectivity index (χ3n) is 2.86. The highest BCUT2D eigenvalue weighted by atomic mass is 32.1. The molecule has 0 bridgehead atoms. The average molecular weight is 266 g/mol. The zero-order valence-electron chi connectivity index (χ0n) is 9.90. The molecule has 1 aliphatic rings. The minimum Gasteiger partial charge on any atom is -0.369 e. The summed E-state index contributed by atoms with van der Waals surface area (Å²) in [7, 11) is 1.52. The van der Waals surface area contributed by atoms with Crippen LogP contribution in [-0.2, 0) is 10.3 Å². The van der Waals surface area contributed by atoms with Gasteiger partial charge in [-0.15, -0.1) is 11.3 Å². The normalized spacial score (nSPS) is 23.8. The van der Waals surface area contributed by atoms with Crippen LogP contribution in [0.15, 0.2) is 11.1 Å². The van der Waals surface area contributed by atoms with Crippen molar-refractivity contribution in [2.75, 3.05) is 7.05 Å². The zero-order chi connectivity index (χ0) is 13.5. The van der Waals surface area contributed by atoms with E-state index in [0.29, 0.717) is 0 Å². The van der Waals surface area contributed by atoms with Gasteiger partial charge in [-0.2, -0.15) is 5.26 Å². The number of rotatable bonds is 1. The minimum absolute atomic E-state index is 0.0342. The number of guanidine groups is 1. The molecule has 7 heteroatoms. The lowest BCUT2D eigenvalue weighted by atomic mass is 9.94. The van der Waals surface area contributed by atoms with Crippen LogP contribution in [0.1, 0.15) is 23.1 Å². The van der Waals surface area contributed by atoms with E-state index in [-0.39, 0.29) is 28.0 Å². The Balaban J connectivity index is 2.52. The smallest absolute Gasteiger partial charge is 0.231 e. The third kappa shape index (κ3) is 1.84. The summed E-state index contributed by atoms with van der Waals surface area (Å²) in [6.07, 6.45) is 0.0342. The molecule has 0 unspecified atom stereocenters. The third-order valence-corrected chi connectivity index (χ3v) is 4.13. The fraction of sp³-hybridized carbons (Fsp3) is 0.364. The lowest BCUT2D eigenvalue weighted by molar-refractivity contribution is -0.128. The molecular weight excluding hydrogens is 255 g/mol. The molecule has 1 amide bonds.